The lowest BCUT2D eigenvalue weighted by atomic mass is 10.1. The first-order chi connectivity index (χ1) is 16.5. The molecule has 5 aromatic rings. The number of rotatable bonds is 4. The van der Waals surface area contributed by atoms with E-state index in [9.17, 15) is 8.42 Å². The number of para-hydroxylation sites is 1. The van der Waals surface area contributed by atoms with Crippen LogP contribution >= 0.6 is 0 Å². The van der Waals surface area contributed by atoms with Gasteiger partial charge in [0.25, 0.3) is 0 Å². The van der Waals surface area contributed by atoms with Crippen molar-refractivity contribution < 1.29 is 8.42 Å². The molecule has 170 valence electrons. The van der Waals surface area contributed by atoms with E-state index >= 15 is 0 Å². The van der Waals surface area contributed by atoms with E-state index in [4.69, 9.17) is 5.10 Å². The van der Waals surface area contributed by atoms with E-state index in [2.05, 4.69) is 78.3 Å². The Bertz CT molecular complexity index is 1680. The summed E-state index contributed by atoms with van der Waals surface area (Å²) in [5.41, 5.74) is 4.26. The molecule has 6 heteroatoms. The first-order valence-corrected chi connectivity index (χ1v) is 13.3. The molecule has 0 saturated carbocycles. The third-order valence-corrected chi connectivity index (χ3v) is 8.57. The summed E-state index contributed by atoms with van der Waals surface area (Å²) in [6, 6.07) is 28.9. The van der Waals surface area contributed by atoms with E-state index in [1.165, 1.54) is 21.8 Å². The molecule has 1 fully saturated rings. The van der Waals surface area contributed by atoms with Crippen LogP contribution in [0, 0.1) is 0 Å². The number of fused-ring (bicyclic) bond motifs is 4. The van der Waals surface area contributed by atoms with Crippen molar-refractivity contribution in [3.63, 3.8) is 0 Å². The van der Waals surface area contributed by atoms with Gasteiger partial charge in [-0.25, -0.2) is 8.42 Å². The van der Waals surface area contributed by atoms with Gasteiger partial charge in [-0.2, -0.15) is 5.10 Å². The summed E-state index contributed by atoms with van der Waals surface area (Å²) in [4.78, 5) is 0. The Balaban J connectivity index is 1.42. The Hall–Kier alpha value is -3.64. The molecule has 1 aliphatic heterocycles. The van der Waals surface area contributed by atoms with Crippen molar-refractivity contribution in [3.05, 3.63) is 90.5 Å². The largest absolute Gasteiger partial charge is 0.344 e. The molecule has 0 bridgehead atoms. The molecule has 0 aliphatic carbocycles. The quantitative estimate of drug-likeness (QED) is 0.259. The van der Waals surface area contributed by atoms with Crippen LogP contribution in [0.5, 0.6) is 0 Å². The maximum atomic E-state index is 12.3. The molecule has 4 aromatic carbocycles. The highest BCUT2D eigenvalue weighted by Gasteiger charge is 2.32. The maximum absolute atomic E-state index is 12.3. The first kappa shape index (κ1) is 20.9. The van der Waals surface area contributed by atoms with E-state index in [1.807, 2.05) is 29.4 Å². The molecule has 0 amide bonds. The molecule has 6 rings (SSSR count). The number of hydrogen-bond acceptors (Lipinski definition) is 4. The molecule has 0 N–H and O–H groups in total. The van der Waals surface area contributed by atoms with E-state index < -0.39 is 9.84 Å². The topological polar surface area (TPSA) is 54.7 Å². The molecule has 0 spiro atoms. The number of hydrazone groups is 1. The van der Waals surface area contributed by atoms with Crippen molar-refractivity contribution in [1.82, 2.24) is 4.57 Å². The summed E-state index contributed by atoms with van der Waals surface area (Å²) >= 11 is 0. The molecule has 34 heavy (non-hydrogen) atoms. The van der Waals surface area contributed by atoms with Crippen molar-refractivity contribution in [3.8, 4) is 0 Å². The summed E-state index contributed by atoms with van der Waals surface area (Å²) in [6.07, 6.45) is 2.43. The molecule has 1 saturated heterocycles. The van der Waals surface area contributed by atoms with Crippen LogP contribution in [0.3, 0.4) is 0 Å². The fourth-order valence-electron chi connectivity index (χ4n) is 5.05. The second-order valence-corrected chi connectivity index (χ2v) is 11.3. The molecular weight excluding hydrogens is 442 g/mol. The van der Waals surface area contributed by atoms with Gasteiger partial charge in [-0.1, -0.05) is 54.6 Å². The van der Waals surface area contributed by atoms with E-state index in [0.717, 1.165) is 22.0 Å². The van der Waals surface area contributed by atoms with Crippen LogP contribution in [-0.4, -0.2) is 36.7 Å². The Labute approximate surface area is 198 Å². The average Bonchev–Trinajstić information content (AvgIpc) is 3.36. The summed E-state index contributed by atoms with van der Waals surface area (Å²) in [6.45, 7) is 0. The van der Waals surface area contributed by atoms with Crippen molar-refractivity contribution in [2.45, 2.75) is 12.5 Å². The molecule has 2 heterocycles. The number of aromatic nitrogens is 1. The number of hydrogen-bond donors (Lipinski definition) is 0. The van der Waals surface area contributed by atoms with Gasteiger partial charge in [-0.3, -0.25) is 5.01 Å². The van der Waals surface area contributed by atoms with Gasteiger partial charge in [0.05, 0.1) is 29.4 Å². The monoisotopic (exact) mass is 467 g/mol. The molecular formula is C28H25N3O2S. The Morgan fingerprint density at radius 3 is 2.47 bits per heavy atom. The standard InChI is InChI=1S/C28H25N3O2S/c1-30-27-9-5-4-8-25(27)26-16-20(10-13-28(26)30)18-29-31(24-14-15-34(32,33)19-24)23-12-11-21-6-2-3-7-22(21)17-23/h2-13,16-18,24H,14-15,19H2,1H3/b29-18-. The summed E-state index contributed by atoms with van der Waals surface area (Å²) < 4.78 is 26.7. The van der Waals surface area contributed by atoms with E-state index in [0.29, 0.717) is 6.42 Å². The van der Waals surface area contributed by atoms with Crippen LogP contribution in [0.15, 0.2) is 90.0 Å². The van der Waals surface area contributed by atoms with Gasteiger partial charge < -0.3 is 4.57 Å². The number of benzene rings is 4. The molecule has 1 aliphatic rings. The highest BCUT2D eigenvalue weighted by molar-refractivity contribution is 7.91. The lowest BCUT2D eigenvalue weighted by molar-refractivity contribution is 0.600. The van der Waals surface area contributed by atoms with Gasteiger partial charge in [0.2, 0.25) is 0 Å². The number of aryl methyl sites for hydroxylation is 1. The minimum absolute atomic E-state index is 0.125. The predicted octanol–water partition coefficient (Wildman–Crippen LogP) is 5.51. The van der Waals surface area contributed by atoms with Gasteiger partial charge in [-0.15, -0.1) is 0 Å². The first-order valence-electron chi connectivity index (χ1n) is 11.5. The van der Waals surface area contributed by atoms with Crippen molar-refractivity contribution in [2.75, 3.05) is 16.5 Å². The minimum atomic E-state index is -3.04. The van der Waals surface area contributed by atoms with Crippen LogP contribution in [0.4, 0.5) is 5.69 Å². The maximum Gasteiger partial charge on any atom is 0.152 e. The Morgan fingerprint density at radius 2 is 1.65 bits per heavy atom. The number of nitrogens with zero attached hydrogens (tertiary/aromatic N) is 3. The lowest BCUT2D eigenvalue weighted by Gasteiger charge is -2.25. The fraction of sp³-hybridized carbons (Fsp3) is 0.179. The minimum Gasteiger partial charge on any atom is -0.344 e. The highest BCUT2D eigenvalue weighted by Crippen LogP contribution is 2.30. The lowest BCUT2D eigenvalue weighted by Crippen LogP contribution is -2.32. The molecule has 0 radical (unpaired) electrons. The summed E-state index contributed by atoms with van der Waals surface area (Å²) in [7, 11) is -0.959. The highest BCUT2D eigenvalue weighted by atomic mass is 32.2. The summed E-state index contributed by atoms with van der Waals surface area (Å²) in [5.74, 6) is 0.332. The molecule has 5 nitrogen and oxygen atoms in total. The van der Waals surface area contributed by atoms with E-state index in [-0.39, 0.29) is 17.5 Å². The Morgan fingerprint density at radius 1 is 0.882 bits per heavy atom. The SMILES string of the molecule is Cn1c2ccccc2c2cc(/C=N\N(c3ccc4ccccc4c3)C3CCS(=O)(=O)C3)ccc21. The zero-order valence-corrected chi connectivity index (χ0v) is 19.7. The van der Waals surface area contributed by atoms with Gasteiger partial charge in [0.15, 0.2) is 9.84 Å². The third-order valence-electron chi connectivity index (χ3n) is 6.82. The van der Waals surface area contributed by atoms with Crippen LogP contribution < -0.4 is 5.01 Å². The third kappa shape index (κ3) is 3.64. The van der Waals surface area contributed by atoms with Gasteiger partial charge in [-0.05, 0) is 53.1 Å². The normalized spacial score (nSPS) is 17.9. The smallest absolute Gasteiger partial charge is 0.152 e. The van der Waals surface area contributed by atoms with Crippen molar-refractivity contribution in [2.24, 2.45) is 12.1 Å². The van der Waals surface area contributed by atoms with Gasteiger partial charge in [0, 0.05) is 28.9 Å². The Kier molecular flexibility index (Phi) is 4.92. The van der Waals surface area contributed by atoms with Crippen LogP contribution in [0.25, 0.3) is 32.6 Å². The van der Waals surface area contributed by atoms with E-state index in [1.54, 1.807) is 0 Å². The zero-order valence-electron chi connectivity index (χ0n) is 18.9. The average molecular weight is 468 g/mol. The number of sulfone groups is 1. The fourth-order valence-corrected chi connectivity index (χ4v) is 6.75. The molecule has 1 unspecified atom stereocenters. The van der Waals surface area contributed by atoms with Crippen molar-refractivity contribution in [1.29, 1.82) is 0 Å². The van der Waals surface area contributed by atoms with Gasteiger partial charge in [0.1, 0.15) is 0 Å². The van der Waals surface area contributed by atoms with Crippen LogP contribution in [-0.2, 0) is 16.9 Å². The second-order valence-electron chi connectivity index (χ2n) is 9.03. The number of anilines is 1. The van der Waals surface area contributed by atoms with Crippen molar-refractivity contribution >= 4 is 54.3 Å². The summed E-state index contributed by atoms with van der Waals surface area (Å²) in [5, 5.41) is 11.4. The zero-order chi connectivity index (χ0) is 23.3. The van der Waals surface area contributed by atoms with Crippen LogP contribution in [0.1, 0.15) is 12.0 Å². The molecule has 1 atom stereocenters. The second kappa shape index (κ2) is 7.99. The van der Waals surface area contributed by atoms with Crippen LogP contribution in [0.2, 0.25) is 0 Å². The van der Waals surface area contributed by atoms with Gasteiger partial charge >= 0.3 is 0 Å². The molecule has 1 aromatic heterocycles. The predicted molar refractivity (Wildman–Crippen MR) is 142 cm³/mol.